The third-order valence-electron chi connectivity index (χ3n) is 6.33. The van der Waals surface area contributed by atoms with E-state index in [-0.39, 0.29) is 30.3 Å². The fourth-order valence-electron chi connectivity index (χ4n) is 5.04. The average Bonchev–Trinajstić information content (AvgIpc) is 3.27. The van der Waals surface area contributed by atoms with Gasteiger partial charge in [-0.15, -0.1) is 0 Å². The number of fused-ring (bicyclic) bond motifs is 4. The second-order valence-electron chi connectivity index (χ2n) is 7.62. The molecule has 0 radical (unpaired) electrons. The molecule has 0 saturated carbocycles. The summed E-state index contributed by atoms with van der Waals surface area (Å²) in [4.78, 5) is 39.9. The van der Waals surface area contributed by atoms with Gasteiger partial charge in [0.05, 0.1) is 17.7 Å². The van der Waals surface area contributed by atoms with Crippen LogP contribution in [0.25, 0.3) is 0 Å². The Hall–Kier alpha value is -1.84. The molecule has 0 bridgehead atoms. The van der Waals surface area contributed by atoms with Gasteiger partial charge in [0.25, 0.3) is 0 Å². The molecule has 4 atom stereocenters. The summed E-state index contributed by atoms with van der Waals surface area (Å²) in [7, 11) is 1.57. The number of carbonyl (C=O) groups excluding carboxylic acids is 3. The highest BCUT2D eigenvalue weighted by Gasteiger charge is 2.72. The van der Waals surface area contributed by atoms with E-state index in [1.54, 1.807) is 25.8 Å². The summed E-state index contributed by atoms with van der Waals surface area (Å²) in [6, 6.07) is 0.172. The lowest BCUT2D eigenvalue weighted by atomic mass is 9.79. The first kappa shape index (κ1) is 19.5. The number of ether oxygens (including phenoxy) is 2. The van der Waals surface area contributed by atoms with Crippen LogP contribution in [-0.4, -0.2) is 72.6 Å². The highest BCUT2D eigenvalue weighted by molar-refractivity contribution is 7.98. The molecule has 3 aliphatic heterocycles. The van der Waals surface area contributed by atoms with Crippen molar-refractivity contribution in [3.8, 4) is 0 Å². The summed E-state index contributed by atoms with van der Waals surface area (Å²) in [6.45, 7) is 2.22. The first-order chi connectivity index (χ1) is 13.4. The number of nitrogens with one attached hydrogen (secondary N) is 1. The van der Waals surface area contributed by atoms with Crippen molar-refractivity contribution >= 4 is 29.4 Å². The molecule has 4 rings (SSSR count). The molecule has 3 heterocycles. The Balaban J connectivity index is 1.74. The van der Waals surface area contributed by atoms with Crippen LogP contribution in [0.5, 0.6) is 0 Å². The summed E-state index contributed by atoms with van der Waals surface area (Å²) in [5, 5.41) is 3.35. The zero-order chi connectivity index (χ0) is 20.2. The normalized spacial score (nSPS) is 33.2. The van der Waals surface area contributed by atoms with Gasteiger partial charge in [0.2, 0.25) is 5.78 Å². The number of nitrogens with zero attached hydrogens (tertiary/aromatic N) is 1. The maximum absolute atomic E-state index is 13.5. The van der Waals surface area contributed by atoms with E-state index < -0.39 is 17.7 Å². The van der Waals surface area contributed by atoms with Gasteiger partial charge >= 0.3 is 6.09 Å². The van der Waals surface area contributed by atoms with E-state index in [4.69, 9.17) is 15.2 Å². The highest BCUT2D eigenvalue weighted by atomic mass is 32.2. The number of amides is 1. The van der Waals surface area contributed by atoms with E-state index in [2.05, 4.69) is 5.32 Å². The lowest BCUT2D eigenvalue weighted by Gasteiger charge is -2.39. The summed E-state index contributed by atoms with van der Waals surface area (Å²) >= 11 is 1.71. The number of piperazine rings is 1. The summed E-state index contributed by atoms with van der Waals surface area (Å²) in [6.07, 6.45) is 2.48. The van der Waals surface area contributed by atoms with Crippen LogP contribution in [0.3, 0.4) is 0 Å². The Morgan fingerprint density at radius 1 is 1.39 bits per heavy atom. The van der Waals surface area contributed by atoms with Crippen molar-refractivity contribution < 1.29 is 23.9 Å². The third-order valence-corrected chi connectivity index (χ3v) is 7.02. The van der Waals surface area contributed by atoms with Gasteiger partial charge in [-0.1, -0.05) is 0 Å². The number of ketones is 2. The Kier molecular flexibility index (Phi) is 4.79. The number of allylic oxidation sites excluding steroid dienone is 2. The van der Waals surface area contributed by atoms with E-state index in [1.165, 1.54) is 0 Å². The Morgan fingerprint density at radius 3 is 2.79 bits per heavy atom. The number of primary amides is 1. The van der Waals surface area contributed by atoms with E-state index in [0.717, 1.165) is 12.2 Å². The van der Waals surface area contributed by atoms with Gasteiger partial charge in [0.1, 0.15) is 6.61 Å². The molecule has 3 N–H and O–H groups in total. The van der Waals surface area contributed by atoms with Crippen molar-refractivity contribution in [3.63, 3.8) is 0 Å². The topological polar surface area (TPSA) is 121 Å². The smallest absolute Gasteiger partial charge is 0.404 e. The molecule has 0 aromatic carbocycles. The predicted octanol–water partition coefficient (Wildman–Crippen LogP) is 0.576. The maximum atomic E-state index is 13.5. The van der Waals surface area contributed by atoms with E-state index in [9.17, 15) is 14.4 Å². The van der Waals surface area contributed by atoms with E-state index >= 15 is 0 Å². The van der Waals surface area contributed by atoms with Gasteiger partial charge in [-0.05, 0) is 31.8 Å². The zero-order valence-electron chi connectivity index (χ0n) is 16.2. The quantitative estimate of drug-likeness (QED) is 0.357. The molecule has 0 unspecified atom stereocenters. The molecule has 1 amide bonds. The summed E-state index contributed by atoms with van der Waals surface area (Å²) in [5.74, 6) is 0.0950. The van der Waals surface area contributed by atoms with Crippen molar-refractivity contribution in [2.45, 2.75) is 37.6 Å². The molecule has 9 heteroatoms. The number of carbonyl (C=O) groups is 3. The monoisotopic (exact) mass is 407 g/mol. The fourth-order valence-corrected chi connectivity index (χ4v) is 5.47. The molecule has 1 aliphatic carbocycles. The van der Waals surface area contributed by atoms with Crippen molar-refractivity contribution in [3.05, 3.63) is 22.4 Å². The molecule has 8 nitrogen and oxygen atoms in total. The number of Topliss-reactive ketones (excluding diaryl/α,β-unsaturated/α-hetero) is 2. The molecule has 2 fully saturated rings. The average molecular weight is 407 g/mol. The second kappa shape index (κ2) is 6.89. The SMILES string of the molecule is CO[C@@]12[C@H](COC(N)=O)C3=C(C(=O)C(C)=C(CCCSC)C3=O)N1C[C@@H]1N[C@@H]12. The van der Waals surface area contributed by atoms with Crippen molar-refractivity contribution in [1.82, 2.24) is 10.2 Å². The van der Waals surface area contributed by atoms with E-state index in [0.29, 0.717) is 35.4 Å². The first-order valence-electron chi connectivity index (χ1n) is 9.41. The van der Waals surface area contributed by atoms with Crippen molar-refractivity contribution in [2.75, 3.05) is 32.3 Å². The second-order valence-corrected chi connectivity index (χ2v) is 8.61. The summed E-state index contributed by atoms with van der Waals surface area (Å²) < 4.78 is 11.1. The van der Waals surface area contributed by atoms with Crippen LogP contribution >= 0.6 is 11.8 Å². The van der Waals surface area contributed by atoms with Crippen LogP contribution in [0.15, 0.2) is 22.4 Å². The molecule has 0 spiro atoms. The summed E-state index contributed by atoms with van der Waals surface area (Å²) in [5.41, 5.74) is 6.17. The molecule has 0 aromatic rings. The van der Waals surface area contributed by atoms with Crippen LogP contribution in [0.1, 0.15) is 19.8 Å². The number of hydrogen-bond donors (Lipinski definition) is 2. The standard InChI is InChI=1S/C19H25N3O5S/c1-9-10(5-4-6-28-3)16(24)13-11(8-27-18(20)25)19(26-2)17-12(21-17)7-22(19)14(13)15(9)23/h11-12,17,21H,4-8H2,1-3H3,(H2,20,25)/t11-,12+,17+,19-/m1/s1. The van der Waals surface area contributed by atoms with Crippen LogP contribution in [-0.2, 0) is 19.1 Å². The van der Waals surface area contributed by atoms with Crippen LogP contribution in [0.2, 0.25) is 0 Å². The van der Waals surface area contributed by atoms with Crippen molar-refractivity contribution in [2.24, 2.45) is 11.7 Å². The van der Waals surface area contributed by atoms with Gasteiger partial charge in [-0.25, -0.2) is 4.79 Å². The molecule has 2 saturated heterocycles. The van der Waals surface area contributed by atoms with Gasteiger partial charge < -0.3 is 25.4 Å². The third kappa shape index (κ3) is 2.56. The number of thioether (sulfide) groups is 1. The minimum absolute atomic E-state index is 0.0228. The van der Waals surface area contributed by atoms with E-state index in [1.807, 2.05) is 11.2 Å². The highest BCUT2D eigenvalue weighted by Crippen LogP contribution is 2.56. The first-order valence-corrected chi connectivity index (χ1v) is 10.8. The predicted molar refractivity (Wildman–Crippen MR) is 104 cm³/mol. The molecule has 28 heavy (non-hydrogen) atoms. The Bertz CT molecular complexity index is 822. The fraction of sp³-hybridized carbons (Fsp3) is 0.632. The zero-order valence-corrected chi connectivity index (χ0v) is 17.1. The van der Waals surface area contributed by atoms with Crippen LogP contribution in [0.4, 0.5) is 4.79 Å². The molecular weight excluding hydrogens is 382 g/mol. The van der Waals surface area contributed by atoms with Crippen LogP contribution in [0, 0.1) is 5.92 Å². The minimum Gasteiger partial charge on any atom is -0.449 e. The minimum atomic E-state index is -0.912. The number of nitrogens with two attached hydrogens (primary N) is 1. The molecular formula is C19H25N3O5S. The molecule has 0 aromatic heterocycles. The lowest BCUT2D eigenvalue weighted by Crippen LogP contribution is -2.55. The van der Waals surface area contributed by atoms with Gasteiger partial charge in [-0.3, -0.25) is 9.59 Å². The number of rotatable bonds is 7. The maximum Gasteiger partial charge on any atom is 0.404 e. The molecule has 4 aliphatic rings. The lowest BCUT2D eigenvalue weighted by molar-refractivity contribution is -0.137. The number of methoxy groups -OCH3 is 1. The number of hydrogen-bond acceptors (Lipinski definition) is 8. The van der Waals surface area contributed by atoms with Crippen molar-refractivity contribution in [1.29, 1.82) is 0 Å². The van der Waals surface area contributed by atoms with Gasteiger partial charge in [-0.2, -0.15) is 11.8 Å². The Labute approximate surface area is 167 Å². The Morgan fingerprint density at radius 2 is 2.14 bits per heavy atom. The largest absolute Gasteiger partial charge is 0.449 e. The molecule has 152 valence electrons. The van der Waals surface area contributed by atoms with Crippen LogP contribution < -0.4 is 11.1 Å². The van der Waals surface area contributed by atoms with Gasteiger partial charge in [0, 0.05) is 36.4 Å². The van der Waals surface area contributed by atoms with Gasteiger partial charge in [0.15, 0.2) is 11.5 Å².